The summed E-state index contributed by atoms with van der Waals surface area (Å²) < 4.78 is 11.3. The number of pyridine rings is 1. The van der Waals surface area contributed by atoms with Gasteiger partial charge in [-0.1, -0.05) is 23.7 Å². The molecule has 0 fully saturated rings. The molecule has 3 rings (SSSR count). The highest BCUT2D eigenvalue weighted by atomic mass is 79.9. The van der Waals surface area contributed by atoms with Crippen LogP contribution in [0.3, 0.4) is 0 Å². The second kappa shape index (κ2) is 8.15. The molecule has 27 heavy (non-hydrogen) atoms. The van der Waals surface area contributed by atoms with E-state index in [9.17, 15) is 4.79 Å². The summed E-state index contributed by atoms with van der Waals surface area (Å²) in [5.41, 5.74) is 3.21. The zero-order valence-electron chi connectivity index (χ0n) is 15.1. The van der Waals surface area contributed by atoms with Crippen LogP contribution in [0.5, 0.6) is 5.75 Å². The van der Waals surface area contributed by atoms with Crippen molar-refractivity contribution in [2.45, 2.75) is 13.8 Å². The van der Waals surface area contributed by atoms with Gasteiger partial charge in [0.05, 0.1) is 40.1 Å². The fourth-order valence-electron chi connectivity index (χ4n) is 2.73. The Bertz CT molecular complexity index is 1020. The summed E-state index contributed by atoms with van der Waals surface area (Å²) in [5, 5.41) is 4.62. The Labute approximate surface area is 170 Å². The van der Waals surface area contributed by atoms with E-state index in [4.69, 9.17) is 21.1 Å². The first-order chi connectivity index (χ1) is 13.0. The molecule has 7 heteroatoms. The first kappa shape index (κ1) is 19.5. The smallest absolute Gasteiger partial charge is 0.341 e. The number of hydrogen-bond acceptors (Lipinski definition) is 5. The van der Waals surface area contributed by atoms with Crippen molar-refractivity contribution in [2.24, 2.45) is 0 Å². The van der Waals surface area contributed by atoms with Crippen LogP contribution < -0.4 is 10.1 Å². The van der Waals surface area contributed by atoms with E-state index in [0.29, 0.717) is 33.2 Å². The topological polar surface area (TPSA) is 60.5 Å². The van der Waals surface area contributed by atoms with Crippen LogP contribution in [0, 0.1) is 6.92 Å². The Kier molecular flexibility index (Phi) is 5.87. The molecule has 0 radical (unpaired) electrons. The Morgan fingerprint density at radius 2 is 2.11 bits per heavy atom. The van der Waals surface area contributed by atoms with E-state index in [1.54, 1.807) is 20.1 Å². The summed E-state index contributed by atoms with van der Waals surface area (Å²) in [6, 6.07) is 9.34. The number of fused-ring (bicyclic) bond motifs is 1. The highest BCUT2D eigenvalue weighted by Gasteiger charge is 2.19. The van der Waals surface area contributed by atoms with Gasteiger partial charge in [-0.15, -0.1) is 0 Å². The molecule has 0 saturated carbocycles. The van der Waals surface area contributed by atoms with Crippen LogP contribution in [0.2, 0.25) is 5.02 Å². The highest BCUT2D eigenvalue weighted by molar-refractivity contribution is 9.10. The minimum absolute atomic E-state index is 0.272. The molecular formula is C20H18BrClN2O3. The van der Waals surface area contributed by atoms with Crippen molar-refractivity contribution in [3.63, 3.8) is 0 Å². The lowest BCUT2D eigenvalue weighted by atomic mass is 10.1. The zero-order valence-corrected chi connectivity index (χ0v) is 17.4. The molecule has 0 atom stereocenters. The van der Waals surface area contributed by atoms with E-state index in [2.05, 4.69) is 26.2 Å². The van der Waals surface area contributed by atoms with Crippen molar-refractivity contribution < 1.29 is 14.3 Å². The molecule has 1 N–H and O–H groups in total. The van der Waals surface area contributed by atoms with E-state index < -0.39 is 5.97 Å². The molecule has 140 valence electrons. The maximum atomic E-state index is 12.5. The van der Waals surface area contributed by atoms with Crippen LogP contribution in [0.4, 0.5) is 11.4 Å². The summed E-state index contributed by atoms with van der Waals surface area (Å²) in [7, 11) is 1.59. The molecule has 1 heterocycles. The van der Waals surface area contributed by atoms with Crippen molar-refractivity contribution in [3.05, 3.63) is 57.2 Å². The van der Waals surface area contributed by atoms with Crippen molar-refractivity contribution in [1.29, 1.82) is 0 Å². The van der Waals surface area contributed by atoms with E-state index in [1.807, 2.05) is 31.2 Å². The molecule has 0 unspecified atom stereocenters. The van der Waals surface area contributed by atoms with Gasteiger partial charge in [-0.25, -0.2) is 4.79 Å². The number of ether oxygens (including phenoxy) is 2. The van der Waals surface area contributed by atoms with Crippen LogP contribution in [0.25, 0.3) is 10.9 Å². The predicted molar refractivity (Wildman–Crippen MR) is 111 cm³/mol. The number of nitrogens with one attached hydrogen (secondary N) is 1. The van der Waals surface area contributed by atoms with Crippen LogP contribution in [-0.2, 0) is 4.74 Å². The number of carbonyl (C=O) groups is 1. The molecule has 1 aromatic heterocycles. The number of benzene rings is 2. The van der Waals surface area contributed by atoms with E-state index in [0.717, 1.165) is 15.4 Å². The number of rotatable bonds is 5. The van der Waals surface area contributed by atoms with Gasteiger partial charge in [0.1, 0.15) is 11.3 Å². The molecule has 0 aliphatic rings. The molecule has 0 bridgehead atoms. The Morgan fingerprint density at radius 3 is 2.81 bits per heavy atom. The number of aryl methyl sites for hydroxylation is 1. The molecule has 0 amide bonds. The largest absolute Gasteiger partial charge is 0.495 e. The van der Waals surface area contributed by atoms with Gasteiger partial charge >= 0.3 is 5.97 Å². The number of methoxy groups -OCH3 is 1. The number of esters is 1. The lowest BCUT2D eigenvalue weighted by molar-refractivity contribution is 0.0527. The third kappa shape index (κ3) is 3.87. The Balaban J connectivity index is 2.24. The van der Waals surface area contributed by atoms with Crippen LogP contribution >= 0.6 is 27.5 Å². The predicted octanol–water partition coefficient (Wildman–Crippen LogP) is 5.89. The lowest BCUT2D eigenvalue weighted by Crippen LogP contribution is -2.09. The highest BCUT2D eigenvalue weighted by Crippen LogP contribution is 2.37. The van der Waals surface area contributed by atoms with Crippen LogP contribution in [-0.4, -0.2) is 24.7 Å². The van der Waals surface area contributed by atoms with Gasteiger partial charge in [0, 0.05) is 17.6 Å². The SMILES string of the molecule is CCOC(=O)c1cnc2cc(OC)c(Br)cc2c1Nc1cccc(C)c1Cl. The molecule has 0 spiro atoms. The Hall–Kier alpha value is -2.31. The first-order valence-corrected chi connectivity index (χ1v) is 9.48. The second-order valence-corrected chi connectivity index (χ2v) is 7.07. The fraction of sp³-hybridized carbons (Fsp3) is 0.200. The van der Waals surface area contributed by atoms with Crippen molar-refractivity contribution in [3.8, 4) is 5.75 Å². The minimum Gasteiger partial charge on any atom is -0.495 e. The average molecular weight is 450 g/mol. The Morgan fingerprint density at radius 1 is 1.33 bits per heavy atom. The number of anilines is 2. The molecule has 0 aliphatic carbocycles. The third-order valence-electron chi connectivity index (χ3n) is 4.09. The molecule has 3 aromatic rings. The standard InChI is InChI=1S/C20H18BrClN2O3/c1-4-27-20(25)13-10-23-16-9-17(26-3)14(21)8-12(16)19(13)24-15-7-5-6-11(2)18(15)22/h5-10H,4H2,1-3H3,(H,23,24). The van der Waals surface area contributed by atoms with E-state index >= 15 is 0 Å². The monoisotopic (exact) mass is 448 g/mol. The maximum Gasteiger partial charge on any atom is 0.341 e. The van der Waals surface area contributed by atoms with Gasteiger partial charge in [-0.05, 0) is 47.5 Å². The third-order valence-corrected chi connectivity index (χ3v) is 5.21. The molecule has 2 aromatic carbocycles. The van der Waals surface area contributed by atoms with Gasteiger partial charge in [0.2, 0.25) is 0 Å². The van der Waals surface area contributed by atoms with Gasteiger partial charge in [0.25, 0.3) is 0 Å². The van der Waals surface area contributed by atoms with Gasteiger partial charge in [0.15, 0.2) is 0 Å². The summed E-state index contributed by atoms with van der Waals surface area (Å²) in [4.78, 5) is 16.9. The van der Waals surface area contributed by atoms with Crippen molar-refractivity contribution in [2.75, 3.05) is 19.0 Å². The fourth-order valence-corrected chi connectivity index (χ4v) is 3.41. The quantitative estimate of drug-likeness (QED) is 0.492. The first-order valence-electron chi connectivity index (χ1n) is 8.31. The van der Waals surface area contributed by atoms with Crippen LogP contribution in [0.15, 0.2) is 41.0 Å². The average Bonchev–Trinajstić information content (AvgIpc) is 2.65. The summed E-state index contributed by atoms with van der Waals surface area (Å²) >= 11 is 9.94. The second-order valence-electron chi connectivity index (χ2n) is 5.83. The summed E-state index contributed by atoms with van der Waals surface area (Å²) in [5.74, 6) is 0.198. The lowest BCUT2D eigenvalue weighted by Gasteiger charge is -2.16. The molecule has 0 aliphatic heterocycles. The molecule has 0 saturated heterocycles. The maximum absolute atomic E-state index is 12.5. The number of halogens is 2. The number of carbonyl (C=O) groups excluding carboxylic acids is 1. The normalized spacial score (nSPS) is 10.7. The van der Waals surface area contributed by atoms with Gasteiger partial charge in [-0.3, -0.25) is 4.98 Å². The van der Waals surface area contributed by atoms with Crippen molar-refractivity contribution >= 4 is 55.8 Å². The van der Waals surface area contributed by atoms with Gasteiger partial charge in [-0.2, -0.15) is 0 Å². The van der Waals surface area contributed by atoms with Crippen molar-refractivity contribution in [1.82, 2.24) is 4.98 Å². The zero-order chi connectivity index (χ0) is 19.6. The van der Waals surface area contributed by atoms with Crippen LogP contribution in [0.1, 0.15) is 22.8 Å². The van der Waals surface area contributed by atoms with E-state index in [-0.39, 0.29) is 6.61 Å². The van der Waals surface area contributed by atoms with E-state index in [1.165, 1.54) is 6.20 Å². The molecular weight excluding hydrogens is 432 g/mol. The number of hydrogen-bond donors (Lipinski definition) is 1. The summed E-state index contributed by atoms with van der Waals surface area (Å²) in [6.07, 6.45) is 1.50. The minimum atomic E-state index is -0.454. The number of nitrogens with zero attached hydrogens (tertiary/aromatic N) is 1. The summed E-state index contributed by atoms with van der Waals surface area (Å²) in [6.45, 7) is 3.96. The number of aromatic nitrogens is 1. The van der Waals surface area contributed by atoms with Gasteiger partial charge < -0.3 is 14.8 Å². The molecule has 5 nitrogen and oxygen atoms in total.